The number of phenols is 2. The lowest BCUT2D eigenvalue weighted by atomic mass is 9.71. The molecule has 0 unspecified atom stereocenters. The van der Waals surface area contributed by atoms with Crippen molar-refractivity contribution in [2.75, 3.05) is 40.4 Å². The summed E-state index contributed by atoms with van der Waals surface area (Å²) >= 11 is 0. The summed E-state index contributed by atoms with van der Waals surface area (Å²) in [5.41, 5.74) is -1.85. The molecule has 0 saturated heterocycles. The van der Waals surface area contributed by atoms with Crippen molar-refractivity contribution in [3.05, 3.63) is 57.6 Å². The largest absolute Gasteiger partial charge is 0.507 e. The van der Waals surface area contributed by atoms with Crippen molar-refractivity contribution in [2.24, 2.45) is 0 Å². The Labute approximate surface area is 241 Å². The molecule has 0 amide bonds. The lowest BCUT2D eigenvalue weighted by Crippen LogP contribution is -2.50. The van der Waals surface area contributed by atoms with Crippen LogP contribution in [0.1, 0.15) is 101 Å². The number of nitrogens with zero attached hydrogens (tertiary/aromatic N) is 1. The molecule has 41 heavy (non-hydrogen) atoms. The Balaban J connectivity index is 1.63. The summed E-state index contributed by atoms with van der Waals surface area (Å²) < 4.78 is 5.62. The van der Waals surface area contributed by atoms with E-state index in [1.165, 1.54) is 31.4 Å². The van der Waals surface area contributed by atoms with Crippen LogP contribution in [0.5, 0.6) is 11.5 Å². The van der Waals surface area contributed by atoms with E-state index in [1.807, 2.05) is 19.0 Å². The van der Waals surface area contributed by atoms with Gasteiger partial charge in [-0.2, -0.15) is 0 Å². The number of ether oxygens (including phenoxy) is 1. The SMILES string of the molecule is CCCCCCCCOCC(=O)[C@]1(O)Cc2c(O)c3c(c(O)c2[C@@H](NCCN(C)C)C1)C(=O)c1ccccc1C3=O. The van der Waals surface area contributed by atoms with Gasteiger partial charge in [0.05, 0.1) is 11.1 Å². The van der Waals surface area contributed by atoms with Crippen molar-refractivity contribution in [1.29, 1.82) is 0 Å². The molecule has 0 aliphatic heterocycles. The lowest BCUT2D eigenvalue weighted by Gasteiger charge is -2.39. The Kier molecular flexibility index (Phi) is 9.96. The van der Waals surface area contributed by atoms with Crippen LogP contribution in [-0.4, -0.2) is 83.6 Å². The molecule has 0 bridgehead atoms. The van der Waals surface area contributed by atoms with Gasteiger partial charge in [0.1, 0.15) is 23.7 Å². The third-order valence-electron chi connectivity index (χ3n) is 8.16. The van der Waals surface area contributed by atoms with E-state index < -0.39 is 40.5 Å². The quantitative estimate of drug-likeness (QED) is 0.170. The summed E-state index contributed by atoms with van der Waals surface area (Å²) in [7, 11) is 3.80. The zero-order valence-corrected chi connectivity index (χ0v) is 24.3. The molecule has 4 rings (SSSR count). The number of rotatable bonds is 14. The fraction of sp³-hybridized carbons (Fsp3) is 0.531. The normalized spacial score (nSPS) is 19.7. The topological polar surface area (TPSA) is 136 Å². The molecule has 2 atom stereocenters. The third kappa shape index (κ3) is 6.38. The predicted molar refractivity (Wildman–Crippen MR) is 155 cm³/mol. The van der Waals surface area contributed by atoms with E-state index in [2.05, 4.69) is 12.2 Å². The van der Waals surface area contributed by atoms with Gasteiger partial charge in [0, 0.05) is 60.8 Å². The van der Waals surface area contributed by atoms with Gasteiger partial charge in [-0.3, -0.25) is 14.4 Å². The minimum absolute atomic E-state index is 0.0853. The molecule has 0 radical (unpaired) electrons. The zero-order chi connectivity index (χ0) is 29.7. The van der Waals surface area contributed by atoms with Crippen LogP contribution in [0.2, 0.25) is 0 Å². The van der Waals surface area contributed by atoms with Crippen LogP contribution < -0.4 is 5.32 Å². The second kappa shape index (κ2) is 13.2. The number of nitrogens with one attached hydrogen (secondary N) is 1. The second-order valence-electron chi connectivity index (χ2n) is 11.5. The molecule has 2 aromatic rings. The highest BCUT2D eigenvalue weighted by atomic mass is 16.5. The Morgan fingerprint density at radius 2 is 1.61 bits per heavy atom. The Morgan fingerprint density at radius 3 is 2.24 bits per heavy atom. The minimum atomic E-state index is -1.90. The van der Waals surface area contributed by atoms with Gasteiger partial charge >= 0.3 is 0 Å². The van der Waals surface area contributed by atoms with Crippen molar-refractivity contribution < 1.29 is 34.4 Å². The Hall–Kier alpha value is -3.11. The van der Waals surface area contributed by atoms with Crippen LogP contribution in [0.4, 0.5) is 0 Å². The van der Waals surface area contributed by atoms with Crippen LogP contribution in [-0.2, 0) is 16.0 Å². The first kappa shape index (κ1) is 30.8. The van der Waals surface area contributed by atoms with E-state index in [4.69, 9.17) is 4.74 Å². The smallest absolute Gasteiger partial charge is 0.198 e. The van der Waals surface area contributed by atoms with Crippen LogP contribution in [0.3, 0.4) is 0 Å². The third-order valence-corrected chi connectivity index (χ3v) is 8.16. The fourth-order valence-corrected chi connectivity index (χ4v) is 5.87. The average molecular weight is 567 g/mol. The number of aliphatic hydroxyl groups is 1. The number of likely N-dealkylation sites (N-methyl/N-ethyl adjacent to an activating group) is 1. The molecule has 0 spiro atoms. The van der Waals surface area contributed by atoms with E-state index in [9.17, 15) is 29.7 Å². The summed E-state index contributed by atoms with van der Waals surface area (Å²) in [6.45, 7) is 3.36. The first-order chi connectivity index (χ1) is 19.6. The number of ketones is 3. The van der Waals surface area contributed by atoms with Crippen molar-refractivity contribution in [3.63, 3.8) is 0 Å². The highest BCUT2D eigenvalue weighted by Crippen LogP contribution is 2.50. The summed E-state index contributed by atoms with van der Waals surface area (Å²) in [4.78, 5) is 42.1. The average Bonchev–Trinajstić information content (AvgIpc) is 2.94. The van der Waals surface area contributed by atoms with Gasteiger partial charge in [0.15, 0.2) is 17.3 Å². The Morgan fingerprint density at radius 1 is 1.00 bits per heavy atom. The number of carbonyl (C=O) groups excluding carboxylic acids is 3. The maximum Gasteiger partial charge on any atom is 0.198 e. The summed E-state index contributed by atoms with van der Waals surface area (Å²) in [5, 5.41) is 37.8. The van der Waals surface area contributed by atoms with Crippen LogP contribution in [0, 0.1) is 0 Å². The van der Waals surface area contributed by atoms with Crippen LogP contribution >= 0.6 is 0 Å². The van der Waals surface area contributed by atoms with Crippen molar-refractivity contribution >= 4 is 17.3 Å². The molecule has 2 aromatic carbocycles. The maximum absolute atomic E-state index is 13.4. The standard InChI is InChI=1S/C32H42N2O7/c1-4-5-6-7-8-11-16-41-19-24(35)32(40)17-22-25(23(18-32)33-14-15-34(2)3)31(39)27-26(30(22)38)28(36)20-12-9-10-13-21(20)29(27)37/h9-10,12-13,23,33,38-40H,4-8,11,14-19H2,1-3H3/t23-,32-/m0/s1. The number of hydrogen-bond donors (Lipinski definition) is 4. The molecular weight excluding hydrogens is 524 g/mol. The molecule has 222 valence electrons. The van der Waals surface area contributed by atoms with Gasteiger partial charge in [-0.1, -0.05) is 63.3 Å². The number of unbranched alkanes of at least 4 members (excludes halogenated alkanes) is 5. The number of benzene rings is 2. The van der Waals surface area contributed by atoms with Crippen molar-refractivity contribution in [1.82, 2.24) is 10.2 Å². The van der Waals surface area contributed by atoms with Crippen LogP contribution in [0.25, 0.3) is 0 Å². The van der Waals surface area contributed by atoms with Gasteiger partial charge in [-0.25, -0.2) is 0 Å². The molecule has 2 aliphatic carbocycles. The van der Waals surface area contributed by atoms with Crippen molar-refractivity contribution in [2.45, 2.75) is 69.9 Å². The van der Waals surface area contributed by atoms with Gasteiger partial charge < -0.3 is 30.3 Å². The number of hydrogen-bond acceptors (Lipinski definition) is 9. The molecular formula is C32H42N2O7. The summed E-state index contributed by atoms with van der Waals surface area (Å²) in [6, 6.07) is 5.51. The van der Waals surface area contributed by atoms with Gasteiger partial charge in [0.2, 0.25) is 0 Å². The monoisotopic (exact) mass is 566 g/mol. The van der Waals surface area contributed by atoms with E-state index in [0.717, 1.165) is 19.3 Å². The lowest BCUT2D eigenvalue weighted by molar-refractivity contribution is -0.144. The molecule has 0 fully saturated rings. The molecule has 2 aliphatic rings. The predicted octanol–water partition coefficient (Wildman–Crippen LogP) is 3.69. The number of Topliss-reactive ketones (excluding diaryl/α,β-unsaturated/α-hetero) is 1. The zero-order valence-electron chi connectivity index (χ0n) is 24.3. The molecule has 0 heterocycles. The van der Waals surface area contributed by atoms with Gasteiger partial charge in [-0.05, 0) is 20.5 Å². The van der Waals surface area contributed by atoms with Gasteiger partial charge in [0.25, 0.3) is 0 Å². The van der Waals surface area contributed by atoms with Crippen LogP contribution in [0.15, 0.2) is 24.3 Å². The first-order valence-electron chi connectivity index (χ1n) is 14.6. The summed E-state index contributed by atoms with van der Waals surface area (Å²) in [5.74, 6) is -2.57. The number of phenolic OH excluding ortho intramolecular Hbond substituents is 2. The number of aromatic hydroxyl groups is 2. The fourth-order valence-electron chi connectivity index (χ4n) is 5.87. The van der Waals surface area contributed by atoms with Gasteiger partial charge in [-0.15, -0.1) is 0 Å². The minimum Gasteiger partial charge on any atom is -0.507 e. The molecule has 9 heteroatoms. The molecule has 0 saturated carbocycles. The first-order valence-corrected chi connectivity index (χ1v) is 14.6. The highest BCUT2D eigenvalue weighted by molar-refractivity contribution is 6.30. The Bertz CT molecular complexity index is 1310. The number of fused-ring (bicyclic) bond motifs is 3. The second-order valence-corrected chi connectivity index (χ2v) is 11.5. The maximum atomic E-state index is 13.4. The molecule has 9 nitrogen and oxygen atoms in total. The van der Waals surface area contributed by atoms with Crippen molar-refractivity contribution in [3.8, 4) is 11.5 Å². The summed E-state index contributed by atoms with van der Waals surface area (Å²) in [6.07, 6.45) is 6.10. The van der Waals surface area contributed by atoms with E-state index in [-0.39, 0.29) is 52.8 Å². The van der Waals surface area contributed by atoms with E-state index in [0.29, 0.717) is 19.7 Å². The molecule has 0 aromatic heterocycles. The highest BCUT2D eigenvalue weighted by Gasteiger charge is 2.48. The number of carbonyl (C=O) groups is 3. The van der Waals surface area contributed by atoms with E-state index >= 15 is 0 Å². The van der Waals surface area contributed by atoms with E-state index in [1.54, 1.807) is 12.1 Å². The molecule has 4 N–H and O–H groups in total.